The van der Waals surface area contributed by atoms with E-state index in [1.54, 1.807) is 0 Å². The summed E-state index contributed by atoms with van der Waals surface area (Å²) in [7, 11) is 0. The average Bonchev–Trinajstić information content (AvgIpc) is 2.46. The van der Waals surface area contributed by atoms with Gasteiger partial charge in [-0.25, -0.2) is 0 Å². The van der Waals surface area contributed by atoms with E-state index in [0.29, 0.717) is 0 Å². The summed E-state index contributed by atoms with van der Waals surface area (Å²) in [6, 6.07) is 0. The Kier molecular flexibility index (Phi) is 6.04. The SMILES string of the molecule is C=Cc1c(C=C)c(Cl)c(=C(/C)CC)/c(=C\C=C/C)c1C. The predicted molar refractivity (Wildman–Crippen MR) is 94.3 cm³/mol. The zero-order valence-corrected chi connectivity index (χ0v) is 13.6. The largest absolute Gasteiger partial charge is 0.0984 e. The van der Waals surface area contributed by atoms with Crippen LogP contribution in [0.1, 0.15) is 43.9 Å². The topological polar surface area (TPSA) is 0 Å². The molecule has 20 heavy (non-hydrogen) atoms. The zero-order chi connectivity index (χ0) is 15.3. The van der Waals surface area contributed by atoms with Crippen LogP contribution in [0.15, 0.2) is 25.3 Å². The van der Waals surface area contributed by atoms with Crippen molar-refractivity contribution in [1.82, 2.24) is 0 Å². The van der Waals surface area contributed by atoms with Crippen LogP contribution in [0.3, 0.4) is 0 Å². The Morgan fingerprint density at radius 3 is 2.25 bits per heavy atom. The molecular formula is C19H23Cl. The lowest BCUT2D eigenvalue weighted by molar-refractivity contribution is 1.19. The lowest BCUT2D eigenvalue weighted by Crippen LogP contribution is -2.32. The normalized spacial score (nSPS) is 13.8. The average molecular weight is 287 g/mol. The van der Waals surface area contributed by atoms with Gasteiger partial charge in [0.05, 0.1) is 5.02 Å². The molecule has 106 valence electrons. The molecule has 0 nitrogen and oxygen atoms in total. The first kappa shape index (κ1) is 16.5. The summed E-state index contributed by atoms with van der Waals surface area (Å²) in [5.41, 5.74) is 4.51. The van der Waals surface area contributed by atoms with E-state index in [0.717, 1.165) is 27.8 Å². The van der Waals surface area contributed by atoms with Crippen LogP contribution in [0.4, 0.5) is 0 Å². The van der Waals surface area contributed by atoms with Crippen LogP contribution in [0.5, 0.6) is 0 Å². The number of rotatable bonds is 4. The van der Waals surface area contributed by atoms with Gasteiger partial charge in [-0.1, -0.05) is 67.6 Å². The Hall–Kier alpha value is -1.53. The highest BCUT2D eigenvalue weighted by Crippen LogP contribution is 2.21. The quantitative estimate of drug-likeness (QED) is 0.741. The van der Waals surface area contributed by atoms with Crippen LogP contribution in [0, 0.1) is 6.92 Å². The number of halogens is 1. The van der Waals surface area contributed by atoms with E-state index in [1.165, 1.54) is 16.4 Å². The molecule has 1 aromatic carbocycles. The van der Waals surface area contributed by atoms with Gasteiger partial charge in [0.2, 0.25) is 0 Å². The van der Waals surface area contributed by atoms with Gasteiger partial charge in [-0.05, 0) is 43.5 Å². The molecule has 1 rings (SSSR count). The number of benzene rings is 1. The van der Waals surface area contributed by atoms with Crippen molar-refractivity contribution in [1.29, 1.82) is 0 Å². The fraction of sp³-hybridized carbons (Fsp3) is 0.263. The third kappa shape index (κ3) is 2.96. The molecule has 0 heterocycles. The summed E-state index contributed by atoms with van der Waals surface area (Å²) in [6.07, 6.45) is 10.8. The van der Waals surface area contributed by atoms with Gasteiger partial charge >= 0.3 is 0 Å². The van der Waals surface area contributed by atoms with E-state index in [-0.39, 0.29) is 0 Å². The molecule has 1 aromatic rings. The van der Waals surface area contributed by atoms with Crippen LogP contribution in [0.25, 0.3) is 23.8 Å². The Bertz CT molecular complexity index is 673. The van der Waals surface area contributed by atoms with Crippen molar-refractivity contribution in [2.45, 2.75) is 34.1 Å². The van der Waals surface area contributed by atoms with Crippen LogP contribution < -0.4 is 10.4 Å². The zero-order valence-electron chi connectivity index (χ0n) is 12.9. The summed E-state index contributed by atoms with van der Waals surface area (Å²) in [6.45, 7) is 16.2. The molecule has 0 amide bonds. The van der Waals surface area contributed by atoms with Crippen LogP contribution in [-0.2, 0) is 0 Å². The maximum Gasteiger partial charge on any atom is 0.0562 e. The summed E-state index contributed by atoms with van der Waals surface area (Å²) in [5, 5.41) is 3.08. The van der Waals surface area contributed by atoms with E-state index in [4.69, 9.17) is 11.6 Å². The van der Waals surface area contributed by atoms with Crippen molar-refractivity contribution in [2.75, 3.05) is 0 Å². The molecule has 0 aliphatic heterocycles. The minimum Gasteiger partial charge on any atom is -0.0984 e. The molecule has 0 spiro atoms. The maximum atomic E-state index is 6.64. The molecule has 1 heteroatoms. The van der Waals surface area contributed by atoms with Crippen molar-refractivity contribution in [3.05, 3.63) is 57.5 Å². The molecule has 0 aliphatic carbocycles. The number of allylic oxidation sites excluding steroid dienone is 2. The summed E-state index contributed by atoms with van der Waals surface area (Å²) >= 11 is 6.64. The molecule has 0 saturated carbocycles. The van der Waals surface area contributed by atoms with Crippen molar-refractivity contribution in [3.63, 3.8) is 0 Å². The highest BCUT2D eigenvalue weighted by Gasteiger charge is 2.10. The van der Waals surface area contributed by atoms with E-state index in [1.807, 2.05) is 31.2 Å². The lowest BCUT2D eigenvalue weighted by atomic mass is 9.95. The fourth-order valence-electron chi connectivity index (χ4n) is 2.36. The summed E-state index contributed by atoms with van der Waals surface area (Å²) < 4.78 is 0. The summed E-state index contributed by atoms with van der Waals surface area (Å²) in [4.78, 5) is 0. The van der Waals surface area contributed by atoms with E-state index in [9.17, 15) is 0 Å². The molecule has 0 bridgehead atoms. The van der Waals surface area contributed by atoms with Gasteiger partial charge in [0.25, 0.3) is 0 Å². The molecule has 0 fully saturated rings. The first-order valence-electron chi connectivity index (χ1n) is 6.93. The van der Waals surface area contributed by atoms with Crippen molar-refractivity contribution < 1.29 is 0 Å². The van der Waals surface area contributed by atoms with Gasteiger partial charge in [0, 0.05) is 10.8 Å². The fourth-order valence-corrected chi connectivity index (χ4v) is 2.81. The highest BCUT2D eigenvalue weighted by molar-refractivity contribution is 6.32. The van der Waals surface area contributed by atoms with Crippen LogP contribution in [-0.4, -0.2) is 0 Å². The molecule has 0 saturated heterocycles. The second kappa shape index (κ2) is 7.31. The standard InChI is InChI=1S/C19H23Cl/c1-7-11-12-17-14(6)15(9-3)16(10-4)19(20)18(17)13(5)8-2/h7,9-12H,3-4,8H2,1-2,5-6H3/b11-7-,17-12-,18-13-. The Morgan fingerprint density at radius 2 is 1.80 bits per heavy atom. The highest BCUT2D eigenvalue weighted by atomic mass is 35.5. The van der Waals surface area contributed by atoms with Crippen LogP contribution >= 0.6 is 11.6 Å². The van der Waals surface area contributed by atoms with Crippen molar-refractivity contribution in [3.8, 4) is 0 Å². The monoisotopic (exact) mass is 286 g/mol. The van der Waals surface area contributed by atoms with Gasteiger partial charge in [0.1, 0.15) is 0 Å². The maximum absolute atomic E-state index is 6.64. The minimum atomic E-state index is 0.774. The molecule has 0 unspecified atom stereocenters. The third-order valence-corrected chi connectivity index (χ3v) is 4.04. The second-order valence-electron chi connectivity index (χ2n) is 4.79. The molecule has 0 aliphatic rings. The first-order chi connectivity index (χ1) is 9.53. The molecular weight excluding hydrogens is 264 g/mol. The minimum absolute atomic E-state index is 0.774. The van der Waals surface area contributed by atoms with Crippen molar-refractivity contribution >= 4 is 35.4 Å². The third-order valence-electron chi connectivity index (χ3n) is 3.64. The molecule has 0 aromatic heterocycles. The molecule has 0 radical (unpaired) electrons. The molecule has 0 atom stereocenters. The smallest absolute Gasteiger partial charge is 0.0562 e. The van der Waals surface area contributed by atoms with Crippen LogP contribution in [0.2, 0.25) is 5.02 Å². The van der Waals surface area contributed by atoms with Gasteiger partial charge in [-0.15, -0.1) is 0 Å². The number of hydrogen-bond acceptors (Lipinski definition) is 0. The Morgan fingerprint density at radius 1 is 1.20 bits per heavy atom. The number of hydrogen-bond donors (Lipinski definition) is 0. The summed E-state index contributed by atoms with van der Waals surface area (Å²) in [5.74, 6) is 0. The van der Waals surface area contributed by atoms with Gasteiger partial charge in [0.15, 0.2) is 0 Å². The van der Waals surface area contributed by atoms with E-state index >= 15 is 0 Å². The second-order valence-corrected chi connectivity index (χ2v) is 5.17. The van der Waals surface area contributed by atoms with Gasteiger partial charge < -0.3 is 0 Å². The van der Waals surface area contributed by atoms with E-state index in [2.05, 4.69) is 40.0 Å². The van der Waals surface area contributed by atoms with E-state index < -0.39 is 0 Å². The van der Waals surface area contributed by atoms with Gasteiger partial charge in [-0.2, -0.15) is 0 Å². The Balaban J connectivity index is 4.17. The Labute approximate surface area is 127 Å². The molecule has 0 N–H and O–H groups in total. The van der Waals surface area contributed by atoms with Gasteiger partial charge in [-0.3, -0.25) is 0 Å². The predicted octanol–water partition coefficient (Wildman–Crippen LogP) is 4.87. The van der Waals surface area contributed by atoms with Crippen molar-refractivity contribution in [2.24, 2.45) is 0 Å². The lowest BCUT2D eigenvalue weighted by Gasteiger charge is -2.12. The first-order valence-corrected chi connectivity index (χ1v) is 7.30.